The molecule has 3 unspecified atom stereocenters. The molecule has 1 aromatic rings. The lowest BCUT2D eigenvalue weighted by Gasteiger charge is -2.35. The fourth-order valence-corrected chi connectivity index (χ4v) is 4.56. The second-order valence-corrected chi connectivity index (χ2v) is 7.33. The molecule has 2 fully saturated rings. The largest absolute Gasteiger partial charge is 0.381 e. The van der Waals surface area contributed by atoms with Crippen LogP contribution < -0.4 is 5.73 Å². The van der Waals surface area contributed by atoms with Gasteiger partial charge in [-0.1, -0.05) is 30.3 Å². The van der Waals surface area contributed by atoms with Gasteiger partial charge in [0.25, 0.3) is 0 Å². The topological polar surface area (TPSA) is 55.6 Å². The highest BCUT2D eigenvalue weighted by Crippen LogP contribution is 2.34. The van der Waals surface area contributed by atoms with Crippen LogP contribution in [0, 0.1) is 11.8 Å². The van der Waals surface area contributed by atoms with Crippen LogP contribution in [0.25, 0.3) is 0 Å². The number of carbonyl (C=O) groups excluding carboxylic acids is 1. The van der Waals surface area contributed by atoms with Crippen LogP contribution in [-0.4, -0.2) is 49.4 Å². The van der Waals surface area contributed by atoms with Gasteiger partial charge in [-0.3, -0.25) is 4.79 Å². The predicted molar refractivity (Wildman–Crippen MR) is 89.7 cm³/mol. The number of hydrogen-bond donors (Lipinski definition) is 1. The third-order valence-corrected chi connectivity index (χ3v) is 5.90. The van der Waals surface area contributed by atoms with Gasteiger partial charge < -0.3 is 15.4 Å². The number of hydrogen-bond acceptors (Lipinski definition) is 4. The second-order valence-electron chi connectivity index (χ2n) is 6.02. The van der Waals surface area contributed by atoms with Crippen molar-refractivity contribution in [3.8, 4) is 0 Å². The Labute approximate surface area is 136 Å². The number of benzene rings is 1. The molecule has 1 amide bonds. The molecule has 3 rings (SSSR count). The normalized spacial score (nSPS) is 26.9. The average molecular weight is 320 g/mol. The van der Waals surface area contributed by atoms with Gasteiger partial charge in [0.15, 0.2) is 0 Å². The number of amides is 1. The minimum absolute atomic E-state index is 0.0815. The first kappa shape index (κ1) is 15.8. The van der Waals surface area contributed by atoms with E-state index in [0.29, 0.717) is 24.3 Å². The molecule has 0 spiro atoms. The van der Waals surface area contributed by atoms with Gasteiger partial charge in [-0.05, 0) is 17.9 Å². The Kier molecular flexibility index (Phi) is 5.39. The van der Waals surface area contributed by atoms with Crippen LogP contribution in [-0.2, 0) is 9.53 Å². The summed E-state index contributed by atoms with van der Waals surface area (Å²) < 4.78 is 5.44. The van der Waals surface area contributed by atoms with E-state index in [1.807, 2.05) is 22.7 Å². The monoisotopic (exact) mass is 320 g/mol. The summed E-state index contributed by atoms with van der Waals surface area (Å²) in [6.45, 7) is 3.48. The third-order valence-electron chi connectivity index (χ3n) is 4.65. The van der Waals surface area contributed by atoms with Crippen molar-refractivity contribution in [2.45, 2.75) is 11.7 Å². The minimum Gasteiger partial charge on any atom is -0.381 e. The predicted octanol–water partition coefficient (Wildman–Crippen LogP) is 1.91. The molecule has 1 aromatic carbocycles. The first-order chi connectivity index (χ1) is 10.8. The lowest BCUT2D eigenvalue weighted by atomic mass is 9.90. The molecule has 2 saturated heterocycles. The molecule has 0 radical (unpaired) electrons. The number of thioether (sulfide) groups is 1. The summed E-state index contributed by atoms with van der Waals surface area (Å²) in [4.78, 5) is 14.9. The van der Waals surface area contributed by atoms with Crippen LogP contribution >= 0.6 is 11.8 Å². The Morgan fingerprint density at radius 3 is 2.91 bits per heavy atom. The fraction of sp³-hybridized carbons (Fsp3) is 0.588. The van der Waals surface area contributed by atoms with E-state index in [9.17, 15) is 4.79 Å². The summed E-state index contributed by atoms with van der Waals surface area (Å²) in [5, 5.41) is 0.372. The minimum atomic E-state index is -0.0815. The highest BCUT2D eigenvalue weighted by molar-refractivity contribution is 7.99. The second kappa shape index (κ2) is 7.49. The van der Waals surface area contributed by atoms with Gasteiger partial charge in [-0.15, -0.1) is 0 Å². The van der Waals surface area contributed by atoms with Crippen molar-refractivity contribution in [2.75, 3.05) is 38.6 Å². The summed E-state index contributed by atoms with van der Waals surface area (Å²) in [5.41, 5.74) is 7.20. The average Bonchev–Trinajstić information content (AvgIpc) is 3.11. The van der Waals surface area contributed by atoms with Gasteiger partial charge in [0, 0.05) is 37.2 Å². The Balaban J connectivity index is 1.66. The van der Waals surface area contributed by atoms with E-state index < -0.39 is 0 Å². The van der Waals surface area contributed by atoms with E-state index >= 15 is 0 Å². The van der Waals surface area contributed by atoms with Crippen molar-refractivity contribution in [1.82, 2.24) is 4.90 Å². The van der Waals surface area contributed by atoms with Crippen molar-refractivity contribution in [3.63, 3.8) is 0 Å². The molecule has 0 aliphatic carbocycles. The summed E-state index contributed by atoms with van der Waals surface area (Å²) in [7, 11) is 0. The van der Waals surface area contributed by atoms with E-state index in [4.69, 9.17) is 10.5 Å². The van der Waals surface area contributed by atoms with Crippen molar-refractivity contribution in [1.29, 1.82) is 0 Å². The van der Waals surface area contributed by atoms with Crippen LogP contribution in [0.5, 0.6) is 0 Å². The van der Waals surface area contributed by atoms with Gasteiger partial charge in [-0.25, -0.2) is 0 Å². The Hall–Kier alpha value is -1.04. The van der Waals surface area contributed by atoms with E-state index in [0.717, 1.165) is 31.9 Å². The zero-order chi connectivity index (χ0) is 15.4. The standard InChI is InChI=1S/C17H24N2O2S/c18-10-15(14-6-8-21-12-14)17(20)19-7-9-22-16(11-19)13-4-2-1-3-5-13/h1-5,14-16H,6-12,18H2. The molecular weight excluding hydrogens is 296 g/mol. The molecule has 4 nitrogen and oxygen atoms in total. The molecule has 2 N–H and O–H groups in total. The molecule has 2 aliphatic rings. The van der Waals surface area contributed by atoms with Crippen LogP contribution in [0.4, 0.5) is 0 Å². The number of carbonyl (C=O) groups is 1. The van der Waals surface area contributed by atoms with Gasteiger partial charge in [0.1, 0.15) is 0 Å². The molecule has 5 heteroatoms. The third kappa shape index (κ3) is 3.47. The van der Waals surface area contributed by atoms with E-state index in [1.165, 1.54) is 5.56 Å². The lowest BCUT2D eigenvalue weighted by Crippen LogP contribution is -2.46. The maximum atomic E-state index is 12.9. The maximum Gasteiger partial charge on any atom is 0.227 e. The number of rotatable bonds is 4. The van der Waals surface area contributed by atoms with Gasteiger partial charge in [0.05, 0.1) is 12.5 Å². The summed E-state index contributed by atoms with van der Waals surface area (Å²) in [6.07, 6.45) is 0.957. The molecule has 0 aromatic heterocycles. The van der Waals surface area contributed by atoms with E-state index in [1.54, 1.807) is 0 Å². The SMILES string of the molecule is NCC(C(=O)N1CCSC(c2ccccc2)C1)C1CCOC1. The molecule has 0 bridgehead atoms. The van der Waals surface area contributed by atoms with Gasteiger partial charge in [0.2, 0.25) is 5.91 Å². The molecular formula is C17H24N2O2S. The Morgan fingerprint density at radius 1 is 1.41 bits per heavy atom. The van der Waals surface area contributed by atoms with Gasteiger partial charge >= 0.3 is 0 Å². The lowest BCUT2D eigenvalue weighted by molar-refractivity contribution is -0.137. The first-order valence-electron chi connectivity index (χ1n) is 8.02. The summed E-state index contributed by atoms with van der Waals surface area (Å²) in [5.74, 6) is 1.42. The van der Waals surface area contributed by atoms with Crippen LogP contribution in [0.15, 0.2) is 30.3 Å². The molecule has 22 heavy (non-hydrogen) atoms. The van der Waals surface area contributed by atoms with Crippen molar-refractivity contribution in [3.05, 3.63) is 35.9 Å². The van der Waals surface area contributed by atoms with Crippen LogP contribution in [0.2, 0.25) is 0 Å². The number of ether oxygens (including phenoxy) is 1. The highest BCUT2D eigenvalue weighted by Gasteiger charge is 2.35. The molecule has 2 aliphatic heterocycles. The van der Waals surface area contributed by atoms with Crippen LogP contribution in [0.1, 0.15) is 17.2 Å². The van der Waals surface area contributed by atoms with Gasteiger partial charge in [-0.2, -0.15) is 11.8 Å². The molecule has 3 atom stereocenters. The van der Waals surface area contributed by atoms with Crippen molar-refractivity contribution >= 4 is 17.7 Å². The van der Waals surface area contributed by atoms with Crippen molar-refractivity contribution < 1.29 is 9.53 Å². The number of nitrogens with two attached hydrogens (primary N) is 1. The first-order valence-corrected chi connectivity index (χ1v) is 9.07. The highest BCUT2D eigenvalue weighted by atomic mass is 32.2. The molecule has 120 valence electrons. The molecule has 0 saturated carbocycles. The summed E-state index contributed by atoms with van der Waals surface area (Å²) >= 11 is 1.94. The van der Waals surface area contributed by atoms with Crippen LogP contribution in [0.3, 0.4) is 0 Å². The Morgan fingerprint density at radius 2 is 2.23 bits per heavy atom. The zero-order valence-electron chi connectivity index (χ0n) is 12.8. The van der Waals surface area contributed by atoms with Crippen molar-refractivity contribution in [2.24, 2.45) is 17.6 Å². The van der Waals surface area contributed by atoms with E-state index in [-0.39, 0.29) is 11.8 Å². The van der Waals surface area contributed by atoms with E-state index in [2.05, 4.69) is 24.3 Å². The number of nitrogens with zero attached hydrogens (tertiary/aromatic N) is 1. The maximum absolute atomic E-state index is 12.9. The smallest absolute Gasteiger partial charge is 0.227 e. The molecule has 2 heterocycles. The fourth-order valence-electron chi connectivity index (χ4n) is 3.32. The summed E-state index contributed by atoms with van der Waals surface area (Å²) in [6, 6.07) is 10.5. The quantitative estimate of drug-likeness (QED) is 0.921. The Bertz CT molecular complexity index is 491. The zero-order valence-corrected chi connectivity index (χ0v) is 13.6.